The second-order valence-corrected chi connectivity index (χ2v) is 10.5. The van der Waals surface area contributed by atoms with Gasteiger partial charge in [-0.2, -0.15) is 0 Å². The molecule has 184 valence electrons. The third-order valence-electron chi connectivity index (χ3n) is 7.21. The van der Waals surface area contributed by atoms with E-state index in [2.05, 4.69) is 9.80 Å². The number of piperazine rings is 1. The summed E-state index contributed by atoms with van der Waals surface area (Å²) in [5.41, 5.74) is 2.16. The minimum Gasteiger partial charge on any atom is -0.369 e. The Hall–Kier alpha value is -1.59. The molecule has 1 saturated heterocycles. The van der Waals surface area contributed by atoms with E-state index < -0.39 is 0 Å². The average molecular weight is 504 g/mol. The molecule has 0 radical (unpaired) electrons. The standard InChI is InChI=1S/C28H36Cl2N2O2/c29-25-11-7-23(8-12-25)28(24-9-13-26(30)14-10-24)34-21-3-16-31-17-19-32(20-18-31)27(33)15-6-22-4-1-2-5-22/h7-14,22,28H,1-6,15-21H2. The first-order valence-electron chi connectivity index (χ1n) is 12.7. The summed E-state index contributed by atoms with van der Waals surface area (Å²) in [6, 6.07) is 15.7. The highest BCUT2D eigenvalue weighted by Crippen LogP contribution is 2.29. The summed E-state index contributed by atoms with van der Waals surface area (Å²) in [6.07, 6.45) is 7.95. The van der Waals surface area contributed by atoms with Crippen LogP contribution >= 0.6 is 23.2 Å². The van der Waals surface area contributed by atoms with E-state index in [1.807, 2.05) is 48.5 Å². The largest absolute Gasteiger partial charge is 0.369 e. The molecule has 1 aliphatic carbocycles. The number of rotatable bonds is 10. The molecule has 1 saturated carbocycles. The second kappa shape index (κ2) is 12.9. The highest BCUT2D eigenvalue weighted by atomic mass is 35.5. The van der Waals surface area contributed by atoms with E-state index in [4.69, 9.17) is 27.9 Å². The van der Waals surface area contributed by atoms with Gasteiger partial charge in [0.1, 0.15) is 6.10 Å². The highest BCUT2D eigenvalue weighted by Gasteiger charge is 2.23. The Kier molecular flexibility index (Phi) is 9.69. The molecule has 34 heavy (non-hydrogen) atoms. The molecule has 4 nitrogen and oxygen atoms in total. The van der Waals surface area contributed by atoms with Crippen LogP contribution in [0.15, 0.2) is 48.5 Å². The van der Waals surface area contributed by atoms with Gasteiger partial charge in [-0.15, -0.1) is 0 Å². The molecule has 6 heteroatoms. The van der Waals surface area contributed by atoms with Crippen molar-refractivity contribution in [1.29, 1.82) is 0 Å². The summed E-state index contributed by atoms with van der Waals surface area (Å²) >= 11 is 12.2. The van der Waals surface area contributed by atoms with Gasteiger partial charge >= 0.3 is 0 Å². The number of hydrogen-bond acceptors (Lipinski definition) is 3. The van der Waals surface area contributed by atoms with Gasteiger partial charge in [-0.1, -0.05) is 73.2 Å². The van der Waals surface area contributed by atoms with Gasteiger partial charge in [-0.25, -0.2) is 0 Å². The maximum atomic E-state index is 12.6. The fourth-order valence-electron chi connectivity index (χ4n) is 5.16. The Morgan fingerprint density at radius 2 is 1.44 bits per heavy atom. The van der Waals surface area contributed by atoms with E-state index in [-0.39, 0.29) is 6.10 Å². The van der Waals surface area contributed by atoms with Gasteiger partial charge < -0.3 is 9.64 Å². The Balaban J connectivity index is 1.20. The first-order valence-corrected chi connectivity index (χ1v) is 13.5. The smallest absolute Gasteiger partial charge is 0.222 e. The maximum absolute atomic E-state index is 12.6. The predicted molar refractivity (Wildman–Crippen MR) is 140 cm³/mol. The number of carbonyl (C=O) groups is 1. The second-order valence-electron chi connectivity index (χ2n) is 9.62. The molecule has 0 atom stereocenters. The molecule has 2 aromatic rings. The summed E-state index contributed by atoms with van der Waals surface area (Å²) in [7, 11) is 0. The molecule has 1 heterocycles. The molecule has 1 aliphatic heterocycles. The van der Waals surface area contributed by atoms with Crippen molar-refractivity contribution in [3.05, 3.63) is 69.7 Å². The summed E-state index contributed by atoms with van der Waals surface area (Å²) in [5, 5.41) is 1.43. The van der Waals surface area contributed by atoms with Crippen LogP contribution in [0.2, 0.25) is 10.0 Å². The van der Waals surface area contributed by atoms with E-state index in [1.54, 1.807) is 0 Å². The molecule has 0 unspecified atom stereocenters. The molecule has 4 rings (SSSR count). The van der Waals surface area contributed by atoms with E-state index in [1.165, 1.54) is 25.7 Å². The fourth-order valence-corrected chi connectivity index (χ4v) is 5.41. The molecule has 0 N–H and O–H groups in total. The average Bonchev–Trinajstić information content (AvgIpc) is 3.38. The molecule has 2 aromatic carbocycles. The fraction of sp³-hybridized carbons (Fsp3) is 0.536. The van der Waals surface area contributed by atoms with Gasteiger partial charge in [0, 0.05) is 55.8 Å². The van der Waals surface area contributed by atoms with Crippen molar-refractivity contribution in [3.63, 3.8) is 0 Å². The van der Waals surface area contributed by atoms with Gasteiger partial charge in [0.05, 0.1) is 0 Å². The molecule has 2 fully saturated rings. The van der Waals surface area contributed by atoms with Crippen LogP contribution in [0, 0.1) is 5.92 Å². The minimum atomic E-state index is -0.149. The first-order chi connectivity index (χ1) is 16.6. The van der Waals surface area contributed by atoms with Gasteiger partial charge in [0.25, 0.3) is 0 Å². The normalized spacial score (nSPS) is 17.6. The van der Waals surface area contributed by atoms with Gasteiger partial charge in [0.15, 0.2) is 0 Å². The Bertz CT molecular complexity index is 844. The summed E-state index contributed by atoms with van der Waals surface area (Å²) < 4.78 is 6.35. The lowest BCUT2D eigenvalue weighted by molar-refractivity contribution is -0.133. The van der Waals surface area contributed by atoms with Crippen LogP contribution < -0.4 is 0 Å². The Morgan fingerprint density at radius 3 is 2.00 bits per heavy atom. The third-order valence-corrected chi connectivity index (χ3v) is 7.72. The number of amides is 1. The maximum Gasteiger partial charge on any atom is 0.222 e. The topological polar surface area (TPSA) is 32.8 Å². The molecule has 0 aromatic heterocycles. The van der Waals surface area contributed by atoms with Crippen LogP contribution in [-0.2, 0) is 9.53 Å². The molecule has 1 amide bonds. The lowest BCUT2D eigenvalue weighted by atomic mass is 10.0. The van der Waals surface area contributed by atoms with Gasteiger partial charge in [-0.3, -0.25) is 9.69 Å². The van der Waals surface area contributed by atoms with Crippen LogP contribution in [0.4, 0.5) is 0 Å². The molecular weight excluding hydrogens is 467 g/mol. The lowest BCUT2D eigenvalue weighted by Gasteiger charge is -2.35. The number of carbonyl (C=O) groups excluding carboxylic acids is 1. The lowest BCUT2D eigenvalue weighted by Crippen LogP contribution is -2.49. The molecular formula is C28H36Cl2N2O2. The number of ether oxygens (including phenoxy) is 1. The van der Waals surface area contributed by atoms with E-state index in [9.17, 15) is 4.79 Å². The zero-order valence-corrected chi connectivity index (χ0v) is 21.4. The van der Waals surface area contributed by atoms with Gasteiger partial charge in [0.2, 0.25) is 5.91 Å². The SMILES string of the molecule is O=C(CCC1CCCC1)N1CCN(CCCOC(c2ccc(Cl)cc2)c2ccc(Cl)cc2)CC1. The van der Waals surface area contributed by atoms with Crippen molar-refractivity contribution in [2.75, 3.05) is 39.3 Å². The van der Waals surface area contributed by atoms with E-state index in [0.717, 1.165) is 79.1 Å². The molecule has 0 spiro atoms. The van der Waals surface area contributed by atoms with Crippen LogP contribution in [0.1, 0.15) is 62.2 Å². The Morgan fingerprint density at radius 1 is 0.882 bits per heavy atom. The van der Waals surface area contributed by atoms with Gasteiger partial charge in [-0.05, 0) is 54.2 Å². The van der Waals surface area contributed by atoms with Crippen molar-refractivity contribution in [2.45, 2.75) is 51.0 Å². The molecule has 2 aliphatic rings. The van der Waals surface area contributed by atoms with Crippen molar-refractivity contribution in [1.82, 2.24) is 9.80 Å². The van der Waals surface area contributed by atoms with Crippen LogP contribution in [0.3, 0.4) is 0 Å². The zero-order valence-electron chi connectivity index (χ0n) is 19.9. The number of nitrogens with zero attached hydrogens (tertiary/aromatic N) is 2. The quantitative estimate of drug-likeness (QED) is 0.343. The minimum absolute atomic E-state index is 0.149. The number of halogens is 2. The summed E-state index contributed by atoms with van der Waals surface area (Å²) in [4.78, 5) is 17.1. The van der Waals surface area contributed by atoms with Crippen LogP contribution in [-0.4, -0.2) is 55.0 Å². The Labute approximate surface area is 214 Å². The number of benzene rings is 2. The summed E-state index contributed by atoms with van der Waals surface area (Å²) in [6.45, 7) is 5.25. The first kappa shape index (κ1) is 25.5. The zero-order chi connectivity index (χ0) is 23.8. The van der Waals surface area contributed by atoms with Crippen LogP contribution in [0.5, 0.6) is 0 Å². The van der Waals surface area contributed by atoms with Crippen molar-refractivity contribution in [2.24, 2.45) is 5.92 Å². The highest BCUT2D eigenvalue weighted by molar-refractivity contribution is 6.30. The van der Waals surface area contributed by atoms with Crippen LogP contribution in [0.25, 0.3) is 0 Å². The van der Waals surface area contributed by atoms with E-state index >= 15 is 0 Å². The third kappa shape index (κ3) is 7.45. The van der Waals surface area contributed by atoms with E-state index in [0.29, 0.717) is 12.5 Å². The number of hydrogen-bond donors (Lipinski definition) is 0. The summed E-state index contributed by atoms with van der Waals surface area (Å²) in [5.74, 6) is 1.14. The van der Waals surface area contributed by atoms with Crippen molar-refractivity contribution >= 4 is 29.1 Å². The monoisotopic (exact) mass is 502 g/mol. The van der Waals surface area contributed by atoms with Crippen molar-refractivity contribution < 1.29 is 9.53 Å². The predicted octanol–water partition coefficient (Wildman–Crippen LogP) is 6.60. The van der Waals surface area contributed by atoms with Crippen molar-refractivity contribution in [3.8, 4) is 0 Å². The molecule has 0 bridgehead atoms.